The molecule has 0 N–H and O–H groups in total. The summed E-state index contributed by atoms with van der Waals surface area (Å²) in [6, 6.07) is 0. The zero-order chi connectivity index (χ0) is 10.6. The number of thioether (sulfide) groups is 1. The Balaban J connectivity index is 2.25. The van der Waals surface area contributed by atoms with Crippen LogP contribution in [0.3, 0.4) is 0 Å². The van der Waals surface area contributed by atoms with Gasteiger partial charge >= 0.3 is 0 Å². The minimum Gasteiger partial charge on any atom is -0.380 e. The smallest absolute Gasteiger partial charge is 0.232 e. The second-order valence-corrected chi connectivity index (χ2v) is 5.41. The lowest BCUT2D eigenvalue weighted by Gasteiger charge is -2.16. The average Bonchev–Trinajstić information content (AvgIpc) is 2.62. The molecule has 1 atom stereocenters. The van der Waals surface area contributed by atoms with E-state index in [1.54, 1.807) is 18.9 Å². The lowest BCUT2D eigenvalue weighted by Crippen LogP contribution is -2.31. The number of carbonyl (C=O) groups is 1. The average molecular weight is 217 g/mol. The molecular formula is C10H19NO2S. The normalized spacial score (nSPS) is 22.0. The molecule has 1 heterocycles. The maximum absolute atomic E-state index is 11.7. The number of rotatable bonds is 4. The van der Waals surface area contributed by atoms with Crippen molar-refractivity contribution < 1.29 is 9.53 Å². The Morgan fingerprint density at radius 2 is 2.36 bits per heavy atom. The molecule has 3 nitrogen and oxygen atoms in total. The van der Waals surface area contributed by atoms with Gasteiger partial charge in [-0.05, 0) is 11.7 Å². The molecule has 14 heavy (non-hydrogen) atoms. The molecule has 0 unspecified atom stereocenters. The van der Waals surface area contributed by atoms with Crippen LogP contribution in [0.4, 0.5) is 0 Å². The fourth-order valence-electron chi connectivity index (χ4n) is 1.48. The van der Waals surface area contributed by atoms with Crippen LogP contribution in [-0.2, 0) is 9.53 Å². The standard InChI is InChI=1S/C10H19NO2S/c1-8(2)14-7-10(12)11-5-4-9(6-11)13-3/h8-9H,4-7H2,1-3H3/t9-/m0/s1. The van der Waals surface area contributed by atoms with Crippen LogP contribution in [0.5, 0.6) is 0 Å². The Bertz CT molecular complexity index is 197. The van der Waals surface area contributed by atoms with Gasteiger partial charge in [0.2, 0.25) is 5.91 Å². The van der Waals surface area contributed by atoms with Crippen LogP contribution in [0.2, 0.25) is 0 Å². The van der Waals surface area contributed by atoms with Gasteiger partial charge in [0.15, 0.2) is 0 Å². The number of methoxy groups -OCH3 is 1. The summed E-state index contributed by atoms with van der Waals surface area (Å²) >= 11 is 1.70. The van der Waals surface area contributed by atoms with Crippen molar-refractivity contribution in [2.24, 2.45) is 0 Å². The minimum atomic E-state index is 0.253. The highest BCUT2D eigenvalue weighted by Gasteiger charge is 2.25. The zero-order valence-electron chi connectivity index (χ0n) is 9.16. The molecule has 0 spiro atoms. The van der Waals surface area contributed by atoms with E-state index in [1.807, 2.05) is 4.90 Å². The van der Waals surface area contributed by atoms with Gasteiger partial charge in [0, 0.05) is 20.2 Å². The molecule has 1 rings (SSSR count). The number of hydrogen-bond acceptors (Lipinski definition) is 3. The van der Waals surface area contributed by atoms with Gasteiger partial charge < -0.3 is 9.64 Å². The van der Waals surface area contributed by atoms with Gasteiger partial charge in [0.25, 0.3) is 0 Å². The first-order valence-electron chi connectivity index (χ1n) is 5.05. The summed E-state index contributed by atoms with van der Waals surface area (Å²) in [5, 5.41) is 0.528. The van der Waals surface area contributed by atoms with Crippen molar-refractivity contribution in [3.63, 3.8) is 0 Å². The first-order valence-corrected chi connectivity index (χ1v) is 6.10. The van der Waals surface area contributed by atoms with Crippen LogP contribution in [0.1, 0.15) is 20.3 Å². The topological polar surface area (TPSA) is 29.5 Å². The van der Waals surface area contributed by atoms with E-state index in [0.717, 1.165) is 19.5 Å². The highest BCUT2D eigenvalue weighted by molar-refractivity contribution is 8.00. The maximum atomic E-state index is 11.7. The Morgan fingerprint density at radius 1 is 1.64 bits per heavy atom. The van der Waals surface area contributed by atoms with Gasteiger partial charge in [0.05, 0.1) is 11.9 Å². The molecule has 0 bridgehead atoms. The molecular weight excluding hydrogens is 198 g/mol. The van der Waals surface area contributed by atoms with Crippen molar-refractivity contribution in [3.05, 3.63) is 0 Å². The van der Waals surface area contributed by atoms with E-state index in [4.69, 9.17) is 4.74 Å². The van der Waals surface area contributed by atoms with Gasteiger partial charge in [-0.25, -0.2) is 0 Å². The quantitative estimate of drug-likeness (QED) is 0.712. The van der Waals surface area contributed by atoms with Gasteiger partial charge in [-0.1, -0.05) is 13.8 Å². The maximum Gasteiger partial charge on any atom is 0.232 e. The molecule has 1 aliphatic heterocycles. The Morgan fingerprint density at radius 3 is 2.86 bits per heavy atom. The zero-order valence-corrected chi connectivity index (χ0v) is 9.97. The SMILES string of the molecule is CO[C@H]1CCN(C(=O)CSC(C)C)C1. The Labute approximate surface area is 90.2 Å². The summed E-state index contributed by atoms with van der Waals surface area (Å²) in [6.07, 6.45) is 1.23. The lowest BCUT2D eigenvalue weighted by atomic mass is 10.3. The highest BCUT2D eigenvalue weighted by atomic mass is 32.2. The van der Waals surface area contributed by atoms with Crippen molar-refractivity contribution >= 4 is 17.7 Å². The number of amides is 1. The summed E-state index contributed by atoms with van der Waals surface area (Å²) in [6.45, 7) is 5.85. The number of carbonyl (C=O) groups excluding carboxylic acids is 1. The summed E-state index contributed by atoms with van der Waals surface area (Å²) in [5.41, 5.74) is 0. The lowest BCUT2D eigenvalue weighted by molar-refractivity contribution is -0.127. The first-order chi connectivity index (χ1) is 6.63. The summed E-state index contributed by atoms with van der Waals surface area (Å²) in [7, 11) is 1.71. The fraction of sp³-hybridized carbons (Fsp3) is 0.900. The van der Waals surface area contributed by atoms with Crippen LogP contribution in [0.25, 0.3) is 0 Å². The van der Waals surface area contributed by atoms with E-state index in [-0.39, 0.29) is 12.0 Å². The number of nitrogens with zero attached hydrogens (tertiary/aromatic N) is 1. The fourth-order valence-corrected chi connectivity index (χ4v) is 2.13. The van der Waals surface area contributed by atoms with Crippen molar-refractivity contribution in [1.82, 2.24) is 4.90 Å². The van der Waals surface area contributed by atoms with Gasteiger partial charge in [-0.15, -0.1) is 11.8 Å². The molecule has 0 aliphatic carbocycles. The van der Waals surface area contributed by atoms with Crippen molar-refractivity contribution in [3.8, 4) is 0 Å². The van der Waals surface area contributed by atoms with Crippen LogP contribution in [0, 0.1) is 0 Å². The first kappa shape index (κ1) is 11.9. The molecule has 1 fully saturated rings. The number of likely N-dealkylation sites (tertiary alicyclic amines) is 1. The third-order valence-electron chi connectivity index (χ3n) is 2.37. The van der Waals surface area contributed by atoms with Crippen LogP contribution >= 0.6 is 11.8 Å². The summed E-state index contributed by atoms with van der Waals surface area (Å²) in [4.78, 5) is 13.6. The molecule has 4 heteroatoms. The summed E-state index contributed by atoms with van der Waals surface area (Å²) in [5.74, 6) is 0.858. The van der Waals surface area contributed by atoms with E-state index < -0.39 is 0 Å². The van der Waals surface area contributed by atoms with Gasteiger partial charge in [0.1, 0.15) is 0 Å². The van der Waals surface area contributed by atoms with E-state index in [1.165, 1.54) is 0 Å². The molecule has 1 aliphatic rings. The molecule has 1 saturated heterocycles. The molecule has 82 valence electrons. The van der Waals surface area contributed by atoms with Crippen molar-refractivity contribution in [2.75, 3.05) is 26.0 Å². The molecule has 0 aromatic rings. The van der Waals surface area contributed by atoms with E-state index in [0.29, 0.717) is 11.0 Å². The van der Waals surface area contributed by atoms with Crippen molar-refractivity contribution in [1.29, 1.82) is 0 Å². The second-order valence-electron chi connectivity index (χ2n) is 3.85. The molecule has 0 aromatic heterocycles. The second kappa shape index (κ2) is 5.61. The Kier molecular flexibility index (Phi) is 4.75. The van der Waals surface area contributed by atoms with E-state index >= 15 is 0 Å². The molecule has 0 saturated carbocycles. The van der Waals surface area contributed by atoms with Gasteiger partial charge in [-0.3, -0.25) is 4.79 Å². The third-order valence-corrected chi connectivity index (χ3v) is 3.45. The van der Waals surface area contributed by atoms with E-state index in [9.17, 15) is 4.79 Å². The third kappa shape index (κ3) is 3.50. The van der Waals surface area contributed by atoms with Crippen LogP contribution < -0.4 is 0 Å². The number of hydrogen-bond donors (Lipinski definition) is 0. The van der Waals surface area contributed by atoms with Crippen LogP contribution in [0.15, 0.2) is 0 Å². The van der Waals surface area contributed by atoms with Gasteiger partial charge in [-0.2, -0.15) is 0 Å². The predicted molar refractivity (Wildman–Crippen MR) is 59.6 cm³/mol. The van der Waals surface area contributed by atoms with E-state index in [2.05, 4.69) is 13.8 Å². The largest absolute Gasteiger partial charge is 0.380 e. The highest BCUT2D eigenvalue weighted by Crippen LogP contribution is 2.15. The monoisotopic (exact) mass is 217 g/mol. The van der Waals surface area contributed by atoms with Crippen LogP contribution in [-0.4, -0.2) is 48.1 Å². The molecule has 1 amide bonds. The summed E-state index contributed by atoms with van der Waals surface area (Å²) < 4.78 is 5.22. The van der Waals surface area contributed by atoms with Crippen molar-refractivity contribution in [2.45, 2.75) is 31.6 Å². The Hall–Kier alpha value is -0.220. The predicted octanol–water partition coefficient (Wildman–Crippen LogP) is 1.38. The minimum absolute atomic E-state index is 0.253. The molecule has 0 aromatic carbocycles. The molecule has 0 radical (unpaired) electrons. The number of ether oxygens (including phenoxy) is 1.